The second-order valence-electron chi connectivity index (χ2n) is 4.57. The Labute approximate surface area is 121 Å². The summed E-state index contributed by atoms with van der Waals surface area (Å²) >= 11 is 0. The highest BCUT2D eigenvalue weighted by Gasteiger charge is 2.01. The quantitative estimate of drug-likeness (QED) is 0.720. The summed E-state index contributed by atoms with van der Waals surface area (Å²) in [6.07, 6.45) is 3.46. The first-order chi connectivity index (χ1) is 10.3. The fourth-order valence-electron chi connectivity index (χ4n) is 1.89. The molecule has 0 radical (unpaired) electrons. The molecular formula is C16H13FN2O2. The predicted molar refractivity (Wildman–Crippen MR) is 74.3 cm³/mol. The van der Waals surface area contributed by atoms with Gasteiger partial charge in [0.25, 0.3) is 0 Å². The van der Waals surface area contributed by atoms with Crippen molar-refractivity contribution >= 4 is 0 Å². The second-order valence-corrected chi connectivity index (χ2v) is 4.57. The highest BCUT2D eigenvalue weighted by Crippen LogP contribution is 2.15. The Balaban J connectivity index is 1.58. The van der Waals surface area contributed by atoms with Gasteiger partial charge in [-0.2, -0.15) is 0 Å². The minimum Gasteiger partial charge on any atom is -0.487 e. The van der Waals surface area contributed by atoms with Crippen LogP contribution in [0, 0.1) is 5.82 Å². The molecule has 5 heteroatoms. The summed E-state index contributed by atoms with van der Waals surface area (Å²) in [6, 6.07) is 12.5. The van der Waals surface area contributed by atoms with Crippen LogP contribution in [-0.4, -0.2) is 10.1 Å². The average molecular weight is 284 g/mol. The van der Waals surface area contributed by atoms with Crippen molar-refractivity contribution < 1.29 is 13.7 Å². The zero-order chi connectivity index (χ0) is 14.5. The number of pyridine rings is 1. The fourth-order valence-corrected chi connectivity index (χ4v) is 1.89. The van der Waals surface area contributed by atoms with Gasteiger partial charge in [-0.05, 0) is 29.8 Å². The molecule has 0 aliphatic rings. The van der Waals surface area contributed by atoms with Crippen LogP contribution in [0.5, 0.6) is 5.75 Å². The van der Waals surface area contributed by atoms with E-state index in [1.165, 1.54) is 12.3 Å². The molecule has 4 nitrogen and oxygen atoms in total. The topological polar surface area (TPSA) is 48.2 Å². The normalized spacial score (nSPS) is 10.5. The van der Waals surface area contributed by atoms with Crippen LogP contribution in [0.25, 0.3) is 0 Å². The van der Waals surface area contributed by atoms with Crippen LogP contribution in [0.15, 0.2) is 59.4 Å². The molecule has 0 saturated carbocycles. The Kier molecular flexibility index (Phi) is 3.91. The minimum atomic E-state index is -0.351. The molecular weight excluding hydrogens is 271 g/mol. The Hall–Kier alpha value is -2.69. The lowest BCUT2D eigenvalue weighted by atomic mass is 10.1. The van der Waals surface area contributed by atoms with Crippen molar-refractivity contribution in [1.29, 1.82) is 0 Å². The fraction of sp³-hybridized carbons (Fsp3) is 0.125. The lowest BCUT2D eigenvalue weighted by Gasteiger charge is -2.06. The Morgan fingerprint density at radius 3 is 2.52 bits per heavy atom. The van der Waals surface area contributed by atoms with Crippen molar-refractivity contribution in [2.24, 2.45) is 0 Å². The molecule has 3 rings (SSSR count). The van der Waals surface area contributed by atoms with Gasteiger partial charge in [-0.25, -0.2) is 4.39 Å². The van der Waals surface area contributed by atoms with E-state index in [1.54, 1.807) is 12.3 Å². The summed E-state index contributed by atoms with van der Waals surface area (Å²) in [7, 11) is 0. The van der Waals surface area contributed by atoms with E-state index in [-0.39, 0.29) is 5.82 Å². The largest absolute Gasteiger partial charge is 0.487 e. The Morgan fingerprint density at radius 1 is 1.00 bits per heavy atom. The highest BCUT2D eigenvalue weighted by atomic mass is 19.1. The highest BCUT2D eigenvalue weighted by molar-refractivity contribution is 5.29. The van der Waals surface area contributed by atoms with Gasteiger partial charge in [0.05, 0.1) is 17.6 Å². The summed E-state index contributed by atoms with van der Waals surface area (Å²) < 4.78 is 23.1. The van der Waals surface area contributed by atoms with Gasteiger partial charge in [-0.1, -0.05) is 17.3 Å². The minimum absolute atomic E-state index is 0.308. The number of benzene rings is 1. The standard InChI is InChI=1S/C16H13FN2O2/c17-13-3-4-15(18-10-13)11-20-16-5-1-12(2-6-16)9-14-7-8-21-19-14/h1-8,10H,9,11H2. The number of halogens is 1. The van der Waals surface area contributed by atoms with Crippen LogP contribution >= 0.6 is 0 Å². The first kappa shape index (κ1) is 13.3. The van der Waals surface area contributed by atoms with E-state index in [0.29, 0.717) is 12.3 Å². The molecule has 0 N–H and O–H groups in total. The summed E-state index contributed by atoms with van der Waals surface area (Å²) in [5.41, 5.74) is 2.69. The molecule has 2 aromatic heterocycles. The summed E-state index contributed by atoms with van der Waals surface area (Å²) in [5, 5.41) is 3.87. The molecule has 1 aromatic carbocycles. The van der Waals surface area contributed by atoms with Crippen LogP contribution < -0.4 is 4.74 Å². The third-order valence-corrected chi connectivity index (χ3v) is 2.98. The molecule has 0 bridgehead atoms. The zero-order valence-electron chi connectivity index (χ0n) is 11.2. The number of rotatable bonds is 5. The van der Waals surface area contributed by atoms with Crippen LogP contribution in [0.4, 0.5) is 4.39 Å². The van der Waals surface area contributed by atoms with Gasteiger partial charge in [-0.3, -0.25) is 4.98 Å². The SMILES string of the molecule is Fc1ccc(COc2ccc(Cc3ccon3)cc2)nc1. The maximum Gasteiger partial charge on any atom is 0.141 e. The third kappa shape index (κ3) is 3.66. The zero-order valence-corrected chi connectivity index (χ0v) is 11.2. The molecule has 2 heterocycles. The molecule has 0 aliphatic carbocycles. The summed E-state index contributed by atoms with van der Waals surface area (Å²) in [4.78, 5) is 3.94. The van der Waals surface area contributed by atoms with Gasteiger partial charge in [-0.15, -0.1) is 0 Å². The van der Waals surface area contributed by atoms with Gasteiger partial charge in [0.1, 0.15) is 24.4 Å². The van der Waals surface area contributed by atoms with Gasteiger partial charge < -0.3 is 9.26 Å². The van der Waals surface area contributed by atoms with E-state index < -0.39 is 0 Å². The molecule has 0 atom stereocenters. The summed E-state index contributed by atoms with van der Waals surface area (Å²) in [6.45, 7) is 0.308. The molecule has 0 spiro atoms. The monoisotopic (exact) mass is 284 g/mol. The molecule has 3 aromatic rings. The lowest BCUT2D eigenvalue weighted by Crippen LogP contribution is -1.98. The van der Waals surface area contributed by atoms with Crippen molar-refractivity contribution in [3.63, 3.8) is 0 Å². The van der Waals surface area contributed by atoms with E-state index >= 15 is 0 Å². The van der Waals surface area contributed by atoms with E-state index in [1.807, 2.05) is 30.3 Å². The molecule has 0 amide bonds. The Morgan fingerprint density at radius 2 is 1.86 bits per heavy atom. The van der Waals surface area contributed by atoms with Crippen molar-refractivity contribution in [3.05, 3.63) is 77.7 Å². The number of aromatic nitrogens is 2. The molecule has 0 aliphatic heterocycles. The van der Waals surface area contributed by atoms with Crippen molar-refractivity contribution in [2.75, 3.05) is 0 Å². The number of nitrogens with zero attached hydrogens (tertiary/aromatic N) is 2. The first-order valence-corrected chi connectivity index (χ1v) is 6.51. The van der Waals surface area contributed by atoms with E-state index in [9.17, 15) is 4.39 Å². The van der Waals surface area contributed by atoms with Gasteiger partial charge in [0.15, 0.2) is 0 Å². The average Bonchev–Trinajstić information content (AvgIpc) is 3.01. The van der Waals surface area contributed by atoms with Gasteiger partial charge in [0, 0.05) is 12.5 Å². The smallest absolute Gasteiger partial charge is 0.141 e. The number of ether oxygens (including phenoxy) is 1. The van der Waals surface area contributed by atoms with Crippen molar-refractivity contribution in [1.82, 2.24) is 10.1 Å². The van der Waals surface area contributed by atoms with Crippen molar-refractivity contribution in [3.8, 4) is 5.75 Å². The Bertz CT molecular complexity index is 679. The molecule has 0 saturated heterocycles. The van der Waals surface area contributed by atoms with Crippen molar-refractivity contribution in [2.45, 2.75) is 13.0 Å². The summed E-state index contributed by atoms with van der Waals surface area (Å²) in [5.74, 6) is 0.390. The first-order valence-electron chi connectivity index (χ1n) is 6.51. The van der Waals surface area contributed by atoms with Gasteiger partial charge in [0.2, 0.25) is 0 Å². The molecule has 0 fully saturated rings. The van der Waals surface area contributed by atoms with E-state index in [4.69, 9.17) is 9.26 Å². The maximum atomic E-state index is 12.7. The molecule has 0 unspecified atom stereocenters. The predicted octanol–water partition coefficient (Wildman–Crippen LogP) is 3.38. The van der Waals surface area contributed by atoms with Crippen LogP contribution in [0.2, 0.25) is 0 Å². The van der Waals surface area contributed by atoms with E-state index in [0.717, 1.165) is 23.4 Å². The van der Waals surface area contributed by atoms with Crippen LogP contribution in [0.3, 0.4) is 0 Å². The number of hydrogen-bond donors (Lipinski definition) is 0. The van der Waals surface area contributed by atoms with Crippen LogP contribution in [0.1, 0.15) is 17.0 Å². The molecule has 21 heavy (non-hydrogen) atoms. The van der Waals surface area contributed by atoms with E-state index in [2.05, 4.69) is 10.1 Å². The molecule has 106 valence electrons. The number of hydrogen-bond acceptors (Lipinski definition) is 4. The maximum absolute atomic E-state index is 12.7. The van der Waals surface area contributed by atoms with Gasteiger partial charge >= 0.3 is 0 Å². The lowest BCUT2D eigenvalue weighted by molar-refractivity contribution is 0.301. The third-order valence-electron chi connectivity index (χ3n) is 2.98. The second kappa shape index (κ2) is 6.17. The van der Waals surface area contributed by atoms with Crippen LogP contribution in [-0.2, 0) is 13.0 Å².